The normalized spacial score (nSPS) is 18.0. The molecule has 1 aliphatic rings. The lowest BCUT2D eigenvalue weighted by molar-refractivity contribution is 0.156. The van der Waals surface area contributed by atoms with E-state index < -0.39 is 18.5 Å². The Bertz CT molecular complexity index is 1120. The highest BCUT2D eigenvalue weighted by Gasteiger charge is 2.23. The molecule has 1 aromatic heterocycles. The van der Waals surface area contributed by atoms with E-state index in [2.05, 4.69) is 9.71 Å². The fraction of sp³-hybridized carbons (Fsp3) is 0.238. The van der Waals surface area contributed by atoms with E-state index in [0.717, 1.165) is 23.1 Å². The molecule has 1 amide bonds. The quantitative estimate of drug-likeness (QED) is 0.346. The number of allylic oxidation sites excluding steroid dienone is 2. The van der Waals surface area contributed by atoms with Crippen molar-refractivity contribution in [2.45, 2.75) is 30.0 Å². The van der Waals surface area contributed by atoms with E-state index in [1.807, 2.05) is 0 Å². The van der Waals surface area contributed by atoms with E-state index in [4.69, 9.17) is 56.9 Å². The summed E-state index contributed by atoms with van der Waals surface area (Å²) >= 11 is 26.1. The highest BCUT2D eigenvalue weighted by molar-refractivity contribution is 7.99. The van der Waals surface area contributed by atoms with Crippen LogP contribution in [0.4, 0.5) is 9.18 Å². The van der Waals surface area contributed by atoms with Crippen LogP contribution in [0.5, 0.6) is 0 Å². The van der Waals surface area contributed by atoms with Crippen molar-refractivity contribution in [1.82, 2.24) is 4.72 Å². The number of amides is 1. The van der Waals surface area contributed by atoms with Crippen molar-refractivity contribution in [1.29, 1.82) is 0 Å². The third-order valence-electron chi connectivity index (χ3n) is 4.60. The van der Waals surface area contributed by atoms with E-state index in [-0.39, 0.29) is 6.54 Å². The van der Waals surface area contributed by atoms with Crippen molar-refractivity contribution in [2.24, 2.45) is 10.7 Å². The molecule has 12 heteroatoms. The van der Waals surface area contributed by atoms with Crippen molar-refractivity contribution < 1.29 is 13.9 Å². The lowest BCUT2D eigenvalue weighted by atomic mass is 9.88. The molecule has 1 heterocycles. The SMILES string of the molecule is NC=C1CCC/C(=C(\F)COC(=O)NSc2cc(Cl)c(Cl)s2)C1=NCc1ccc(Cl)cc1Cl. The second-order valence-corrected chi connectivity index (χ2v) is 10.8. The standard InChI is InChI=1S/C21H18Cl4FN3O2S2/c22-13-5-4-12(15(23)6-13)9-28-19-11(8-27)2-1-3-14(19)17(26)10-31-21(30)29-33-18-7-16(24)20(25)32-18/h4-8H,1-3,9-10,27H2,(H,29,30)/b11-8?,17-14+,28-19?. The average Bonchev–Trinajstić information content (AvgIpc) is 3.12. The summed E-state index contributed by atoms with van der Waals surface area (Å²) in [6, 6.07) is 6.71. The minimum absolute atomic E-state index is 0.226. The molecule has 1 fully saturated rings. The molecule has 2 aromatic rings. The van der Waals surface area contributed by atoms with Crippen molar-refractivity contribution >= 4 is 81.5 Å². The van der Waals surface area contributed by atoms with Crippen LogP contribution in [-0.2, 0) is 11.3 Å². The Balaban J connectivity index is 1.68. The van der Waals surface area contributed by atoms with Gasteiger partial charge in [0.15, 0.2) is 0 Å². The molecule has 1 aromatic carbocycles. The predicted octanol–water partition coefficient (Wildman–Crippen LogP) is 7.99. The summed E-state index contributed by atoms with van der Waals surface area (Å²) in [6.07, 6.45) is 2.45. The van der Waals surface area contributed by atoms with Gasteiger partial charge in [-0.3, -0.25) is 9.71 Å². The van der Waals surface area contributed by atoms with E-state index in [0.29, 0.717) is 54.2 Å². The number of rotatable bonds is 6. The van der Waals surface area contributed by atoms with Crippen LogP contribution in [0.15, 0.2) is 56.6 Å². The Morgan fingerprint density at radius 2 is 2.03 bits per heavy atom. The van der Waals surface area contributed by atoms with Crippen LogP contribution >= 0.6 is 69.7 Å². The van der Waals surface area contributed by atoms with Crippen molar-refractivity contribution in [3.63, 3.8) is 0 Å². The van der Waals surface area contributed by atoms with Gasteiger partial charge < -0.3 is 10.5 Å². The first-order valence-electron chi connectivity index (χ1n) is 9.60. The van der Waals surface area contributed by atoms with Gasteiger partial charge in [0.1, 0.15) is 16.8 Å². The zero-order chi connectivity index (χ0) is 24.0. The molecule has 0 aliphatic heterocycles. The summed E-state index contributed by atoms with van der Waals surface area (Å²) < 4.78 is 23.6. The maximum absolute atomic E-state index is 15.0. The number of hydrogen-bond donors (Lipinski definition) is 2. The van der Waals surface area contributed by atoms with Crippen LogP contribution in [-0.4, -0.2) is 18.4 Å². The topological polar surface area (TPSA) is 76.7 Å². The van der Waals surface area contributed by atoms with Crippen LogP contribution in [0.2, 0.25) is 19.4 Å². The molecule has 1 aliphatic carbocycles. The smallest absolute Gasteiger partial charge is 0.417 e. The maximum Gasteiger partial charge on any atom is 0.417 e. The Morgan fingerprint density at radius 1 is 1.24 bits per heavy atom. The fourth-order valence-corrected chi connectivity index (χ4v) is 5.77. The van der Waals surface area contributed by atoms with Gasteiger partial charge in [-0.05, 0) is 54.8 Å². The van der Waals surface area contributed by atoms with Gasteiger partial charge in [0, 0.05) is 27.6 Å². The third-order valence-corrected chi connectivity index (χ3v) is 7.94. The number of hydrogen-bond acceptors (Lipinski definition) is 6. The van der Waals surface area contributed by atoms with Gasteiger partial charge in [0.05, 0.1) is 21.5 Å². The number of ether oxygens (including phenoxy) is 1. The first-order chi connectivity index (χ1) is 15.8. The molecule has 0 atom stereocenters. The van der Waals surface area contributed by atoms with Crippen molar-refractivity contribution in [2.75, 3.05) is 6.61 Å². The summed E-state index contributed by atoms with van der Waals surface area (Å²) in [4.78, 5) is 16.6. The zero-order valence-electron chi connectivity index (χ0n) is 17.0. The summed E-state index contributed by atoms with van der Waals surface area (Å²) in [7, 11) is 0. The van der Waals surface area contributed by atoms with Gasteiger partial charge >= 0.3 is 6.09 Å². The molecule has 1 saturated carbocycles. The van der Waals surface area contributed by atoms with Crippen molar-refractivity contribution in [3.05, 3.63) is 72.4 Å². The van der Waals surface area contributed by atoms with Gasteiger partial charge in [-0.2, -0.15) is 0 Å². The minimum atomic E-state index is -0.798. The molecule has 0 spiro atoms. The number of nitrogens with one attached hydrogen (secondary N) is 1. The number of nitrogens with zero attached hydrogens (tertiary/aromatic N) is 1. The average molecular weight is 569 g/mol. The lowest BCUT2D eigenvalue weighted by Crippen LogP contribution is -2.20. The maximum atomic E-state index is 15.0. The van der Waals surface area contributed by atoms with E-state index >= 15 is 4.39 Å². The molecule has 5 nitrogen and oxygen atoms in total. The van der Waals surface area contributed by atoms with E-state index in [9.17, 15) is 4.79 Å². The summed E-state index contributed by atoms with van der Waals surface area (Å²) in [5.74, 6) is -0.586. The molecule has 33 heavy (non-hydrogen) atoms. The highest BCUT2D eigenvalue weighted by Crippen LogP contribution is 2.36. The summed E-state index contributed by atoms with van der Waals surface area (Å²) in [5, 5.41) is 1.38. The molecule has 0 bridgehead atoms. The van der Waals surface area contributed by atoms with Crippen LogP contribution in [0.1, 0.15) is 24.8 Å². The second-order valence-electron chi connectivity index (χ2n) is 6.80. The van der Waals surface area contributed by atoms with Crippen LogP contribution in [0, 0.1) is 0 Å². The monoisotopic (exact) mass is 567 g/mol. The number of aliphatic imine (C=N–C) groups is 1. The predicted molar refractivity (Wildman–Crippen MR) is 137 cm³/mol. The molecule has 0 radical (unpaired) electrons. The number of halogens is 5. The zero-order valence-corrected chi connectivity index (χ0v) is 21.6. The number of carbonyl (C=O) groups is 1. The van der Waals surface area contributed by atoms with Crippen LogP contribution in [0.3, 0.4) is 0 Å². The first-order valence-corrected chi connectivity index (χ1v) is 12.7. The second kappa shape index (κ2) is 12.3. The lowest BCUT2D eigenvalue weighted by Gasteiger charge is -2.21. The number of benzene rings is 1. The molecular formula is C21H18Cl4FN3O2S2. The minimum Gasteiger partial charge on any atom is -0.442 e. The number of thiophene rings is 1. The Labute approximate surface area is 218 Å². The summed E-state index contributed by atoms with van der Waals surface area (Å²) in [5.41, 5.74) is 8.04. The highest BCUT2D eigenvalue weighted by atomic mass is 35.5. The van der Waals surface area contributed by atoms with E-state index in [1.54, 1.807) is 24.3 Å². The molecule has 0 saturated heterocycles. The van der Waals surface area contributed by atoms with Gasteiger partial charge in [-0.1, -0.05) is 52.5 Å². The molecule has 0 unspecified atom stereocenters. The van der Waals surface area contributed by atoms with E-state index in [1.165, 1.54) is 17.5 Å². The van der Waals surface area contributed by atoms with Crippen LogP contribution < -0.4 is 10.5 Å². The van der Waals surface area contributed by atoms with Crippen molar-refractivity contribution in [3.8, 4) is 0 Å². The number of nitrogens with two attached hydrogens (primary N) is 1. The Hall–Kier alpha value is -1.42. The number of carbonyl (C=O) groups excluding carboxylic acids is 1. The van der Waals surface area contributed by atoms with Gasteiger partial charge in [0.2, 0.25) is 0 Å². The van der Waals surface area contributed by atoms with Crippen LogP contribution in [0.25, 0.3) is 0 Å². The van der Waals surface area contributed by atoms with Gasteiger partial charge in [-0.25, -0.2) is 9.18 Å². The Kier molecular flexibility index (Phi) is 9.79. The molecule has 176 valence electrons. The fourth-order valence-electron chi connectivity index (χ4n) is 3.04. The summed E-state index contributed by atoms with van der Waals surface area (Å²) in [6.45, 7) is -0.310. The largest absolute Gasteiger partial charge is 0.442 e. The first kappa shape index (κ1) is 26.2. The third kappa shape index (κ3) is 7.28. The molecule has 3 rings (SSSR count). The Morgan fingerprint density at radius 3 is 2.70 bits per heavy atom. The van der Waals surface area contributed by atoms with Gasteiger partial charge in [-0.15, -0.1) is 11.3 Å². The molecular weight excluding hydrogens is 551 g/mol. The van der Waals surface area contributed by atoms with Gasteiger partial charge in [0.25, 0.3) is 0 Å². The molecule has 3 N–H and O–H groups in total.